The van der Waals surface area contributed by atoms with Gasteiger partial charge in [0.15, 0.2) is 0 Å². The largest absolute Gasteiger partial charge is 0.481 e. The molecule has 148 valence electrons. The van der Waals surface area contributed by atoms with Gasteiger partial charge in [-0.05, 0) is 44.5 Å². The Morgan fingerprint density at radius 2 is 2.03 bits per heavy atom. The predicted octanol–water partition coefficient (Wildman–Crippen LogP) is 4.68. The summed E-state index contributed by atoms with van der Waals surface area (Å²) < 4.78 is 7.20. The van der Waals surface area contributed by atoms with Crippen molar-refractivity contribution in [1.29, 1.82) is 10.5 Å². The number of rotatable bonds is 4. The molecule has 0 aliphatic rings. The summed E-state index contributed by atoms with van der Waals surface area (Å²) in [5.41, 5.74) is 5.31. The molecule has 0 saturated heterocycles. The average molecular weight is 414 g/mol. The van der Waals surface area contributed by atoms with E-state index in [2.05, 4.69) is 31.7 Å². The molecule has 4 heterocycles. The number of nitrogens with zero attached hydrogens (tertiary/aromatic N) is 5. The molecular formula is C22H18N6OS. The molecule has 0 radical (unpaired) electrons. The van der Waals surface area contributed by atoms with Crippen molar-refractivity contribution in [2.24, 2.45) is 0 Å². The number of imidazole rings is 1. The van der Waals surface area contributed by atoms with Crippen LogP contribution in [-0.4, -0.2) is 26.6 Å². The minimum atomic E-state index is 0.410. The Labute approximate surface area is 177 Å². The first-order chi connectivity index (χ1) is 14.4. The van der Waals surface area contributed by atoms with Crippen LogP contribution >= 0.6 is 11.3 Å². The van der Waals surface area contributed by atoms with Crippen molar-refractivity contribution in [2.45, 2.75) is 20.8 Å². The van der Waals surface area contributed by atoms with E-state index in [9.17, 15) is 10.5 Å². The van der Waals surface area contributed by atoms with E-state index in [1.54, 1.807) is 30.7 Å². The molecule has 4 aromatic heterocycles. The summed E-state index contributed by atoms with van der Waals surface area (Å²) in [6, 6.07) is 10.1. The second-order valence-corrected chi connectivity index (χ2v) is 8.08. The molecule has 0 amide bonds. The fourth-order valence-corrected chi connectivity index (χ4v) is 4.50. The van der Waals surface area contributed by atoms with Crippen molar-refractivity contribution in [3.8, 4) is 23.0 Å². The highest BCUT2D eigenvalue weighted by atomic mass is 32.1. The topological polar surface area (TPSA) is 103 Å². The van der Waals surface area contributed by atoms with E-state index in [4.69, 9.17) is 4.74 Å². The molecule has 0 aliphatic carbocycles. The fraction of sp³-hybridized carbons (Fsp3) is 0.182. The summed E-state index contributed by atoms with van der Waals surface area (Å²) in [6.07, 6.45) is 3.45. The van der Waals surface area contributed by atoms with Gasteiger partial charge in [-0.1, -0.05) is 0 Å². The first-order valence-corrected chi connectivity index (χ1v) is 9.98. The number of methoxy groups -OCH3 is 1. The van der Waals surface area contributed by atoms with Crippen LogP contribution < -0.4 is 4.74 Å². The van der Waals surface area contributed by atoms with E-state index >= 15 is 0 Å². The first-order valence-electron chi connectivity index (χ1n) is 9.17. The Balaban J connectivity index is 1.81. The van der Waals surface area contributed by atoms with Crippen LogP contribution in [-0.2, 0) is 0 Å². The molecule has 4 rings (SSSR count). The van der Waals surface area contributed by atoms with Gasteiger partial charge in [-0.2, -0.15) is 10.5 Å². The Morgan fingerprint density at radius 3 is 2.73 bits per heavy atom. The van der Waals surface area contributed by atoms with Crippen LogP contribution in [0.3, 0.4) is 0 Å². The van der Waals surface area contributed by atoms with Crippen LogP contribution in [0.2, 0.25) is 0 Å². The number of fused-ring (bicyclic) bond motifs is 1. The lowest BCUT2D eigenvalue weighted by molar-refractivity contribution is 0.398. The zero-order chi connectivity index (χ0) is 21.4. The van der Waals surface area contributed by atoms with Crippen LogP contribution in [0.25, 0.3) is 27.7 Å². The molecular weight excluding hydrogens is 396 g/mol. The third-order valence-corrected chi connectivity index (χ3v) is 5.89. The number of aromatic amines is 1. The average Bonchev–Trinajstić information content (AvgIpc) is 3.40. The summed E-state index contributed by atoms with van der Waals surface area (Å²) in [5, 5.41) is 20.1. The third-order valence-electron chi connectivity index (χ3n) is 4.86. The van der Waals surface area contributed by atoms with Gasteiger partial charge in [0.05, 0.1) is 35.5 Å². The third kappa shape index (κ3) is 3.24. The smallest absolute Gasteiger partial charge is 0.215 e. The number of nitriles is 2. The molecule has 0 fully saturated rings. The monoisotopic (exact) mass is 414 g/mol. The molecule has 0 aromatic carbocycles. The van der Waals surface area contributed by atoms with Gasteiger partial charge < -0.3 is 14.3 Å². The number of aromatic nitrogens is 4. The zero-order valence-electron chi connectivity index (χ0n) is 16.9. The van der Waals surface area contributed by atoms with E-state index in [0.29, 0.717) is 28.4 Å². The van der Waals surface area contributed by atoms with Gasteiger partial charge in [0, 0.05) is 22.3 Å². The summed E-state index contributed by atoms with van der Waals surface area (Å²) >= 11 is 1.58. The molecule has 8 heteroatoms. The molecule has 7 nitrogen and oxygen atoms in total. The Kier molecular flexibility index (Phi) is 4.86. The normalized spacial score (nSPS) is 11.5. The van der Waals surface area contributed by atoms with Crippen molar-refractivity contribution in [3.05, 3.63) is 57.6 Å². The van der Waals surface area contributed by atoms with Gasteiger partial charge in [-0.15, -0.1) is 11.3 Å². The molecule has 30 heavy (non-hydrogen) atoms. The first kappa shape index (κ1) is 19.4. The number of allylic oxidation sites excluding steroid dienone is 1. The summed E-state index contributed by atoms with van der Waals surface area (Å²) in [6.45, 7) is 5.96. The lowest BCUT2D eigenvalue weighted by atomic mass is 10.1. The van der Waals surface area contributed by atoms with Gasteiger partial charge in [0.25, 0.3) is 0 Å². The highest BCUT2D eigenvalue weighted by molar-refractivity contribution is 7.14. The number of ether oxygens (including phenoxy) is 1. The Bertz CT molecular complexity index is 1390. The van der Waals surface area contributed by atoms with E-state index in [-0.39, 0.29) is 0 Å². The van der Waals surface area contributed by atoms with Gasteiger partial charge in [-0.25, -0.2) is 9.97 Å². The highest BCUT2D eigenvalue weighted by Gasteiger charge is 2.17. The van der Waals surface area contributed by atoms with E-state index < -0.39 is 0 Å². The Morgan fingerprint density at radius 1 is 1.23 bits per heavy atom. The lowest BCUT2D eigenvalue weighted by Crippen LogP contribution is -1.98. The Hall–Kier alpha value is -3.88. The maximum atomic E-state index is 9.77. The van der Waals surface area contributed by atoms with Crippen LogP contribution in [0, 0.1) is 43.4 Å². The van der Waals surface area contributed by atoms with Gasteiger partial charge in [-0.3, -0.25) is 0 Å². The SMILES string of the molecule is COc1cc2nc(/C(C#N)=C/c3cc(C)n(-c4sc(C)cc4C#N)c3C)[nH]c2cn1. The van der Waals surface area contributed by atoms with Crippen molar-refractivity contribution in [2.75, 3.05) is 7.11 Å². The number of H-pyrrole nitrogens is 1. The molecule has 0 atom stereocenters. The molecule has 0 bridgehead atoms. The maximum Gasteiger partial charge on any atom is 0.215 e. The zero-order valence-corrected chi connectivity index (χ0v) is 17.8. The van der Waals surface area contributed by atoms with Crippen molar-refractivity contribution in [1.82, 2.24) is 19.5 Å². The molecule has 4 aromatic rings. The molecule has 0 aliphatic heterocycles. The van der Waals surface area contributed by atoms with Crippen molar-refractivity contribution >= 4 is 34.0 Å². The van der Waals surface area contributed by atoms with Crippen molar-refractivity contribution in [3.63, 3.8) is 0 Å². The number of nitrogens with one attached hydrogen (secondary N) is 1. The molecule has 0 spiro atoms. The summed E-state index contributed by atoms with van der Waals surface area (Å²) in [4.78, 5) is 12.9. The highest BCUT2D eigenvalue weighted by Crippen LogP contribution is 2.31. The standard InChI is InChI=1S/C22H18N6OS/c1-12-5-15(14(3)28(12)22-17(10-24)6-13(2)30-22)7-16(9-23)21-26-18-8-20(29-4)25-11-19(18)27-21/h5-8,11H,1-4H3,(H,26,27)/b16-7+. The predicted molar refractivity (Wildman–Crippen MR) is 116 cm³/mol. The van der Waals surface area contributed by atoms with Crippen LogP contribution in [0.5, 0.6) is 5.88 Å². The quantitative estimate of drug-likeness (QED) is 0.488. The second-order valence-electron chi connectivity index (χ2n) is 6.85. The van der Waals surface area contributed by atoms with E-state index in [1.165, 1.54) is 0 Å². The van der Waals surface area contributed by atoms with Gasteiger partial charge in [0.2, 0.25) is 5.88 Å². The van der Waals surface area contributed by atoms with E-state index in [1.807, 2.05) is 39.0 Å². The molecule has 1 N–H and O–H groups in total. The minimum Gasteiger partial charge on any atom is -0.481 e. The number of aryl methyl sites for hydroxylation is 2. The number of hydrogen-bond acceptors (Lipinski definition) is 6. The van der Waals surface area contributed by atoms with Crippen molar-refractivity contribution < 1.29 is 4.74 Å². The summed E-state index contributed by atoms with van der Waals surface area (Å²) in [7, 11) is 1.55. The fourth-order valence-electron chi connectivity index (χ4n) is 3.43. The second kappa shape index (κ2) is 7.51. The lowest BCUT2D eigenvalue weighted by Gasteiger charge is -2.07. The van der Waals surface area contributed by atoms with Crippen LogP contribution in [0.4, 0.5) is 0 Å². The maximum absolute atomic E-state index is 9.77. The van der Waals surface area contributed by atoms with Crippen LogP contribution in [0.15, 0.2) is 24.4 Å². The molecule has 0 saturated carbocycles. The summed E-state index contributed by atoms with van der Waals surface area (Å²) in [5.74, 6) is 0.933. The minimum absolute atomic E-state index is 0.410. The van der Waals surface area contributed by atoms with E-state index in [0.717, 1.165) is 32.3 Å². The number of hydrogen-bond donors (Lipinski definition) is 1. The van der Waals surface area contributed by atoms with Gasteiger partial charge >= 0.3 is 0 Å². The molecule has 0 unspecified atom stereocenters. The number of thiophene rings is 1. The number of pyridine rings is 1. The van der Waals surface area contributed by atoms with Crippen LogP contribution in [0.1, 0.15) is 33.2 Å². The van der Waals surface area contributed by atoms with Gasteiger partial charge in [0.1, 0.15) is 23.0 Å².